The number of rotatable bonds is 9. The van der Waals surface area contributed by atoms with Crippen LogP contribution in [0.4, 0.5) is 0 Å². The number of aromatic nitrogens is 3. The lowest BCUT2D eigenvalue weighted by Gasteiger charge is -2.18. The zero-order valence-electron chi connectivity index (χ0n) is 15.7. The summed E-state index contributed by atoms with van der Waals surface area (Å²) in [6.07, 6.45) is 4.35. The van der Waals surface area contributed by atoms with Crippen molar-refractivity contribution in [3.05, 3.63) is 83.7 Å². The Labute approximate surface area is 169 Å². The van der Waals surface area contributed by atoms with Crippen LogP contribution in [-0.4, -0.2) is 50.7 Å². The minimum Gasteiger partial charge on any atom is -0.394 e. The third-order valence-corrected chi connectivity index (χ3v) is 5.11. The van der Waals surface area contributed by atoms with Gasteiger partial charge in [-0.1, -0.05) is 65.9 Å². The highest BCUT2D eigenvalue weighted by Gasteiger charge is 2.21. The molecule has 0 bridgehead atoms. The number of aliphatic hydroxyl groups is 1. The van der Waals surface area contributed by atoms with Crippen molar-refractivity contribution in [3.8, 4) is 0 Å². The van der Waals surface area contributed by atoms with Gasteiger partial charge < -0.3 is 10.4 Å². The van der Waals surface area contributed by atoms with Crippen LogP contribution in [0.2, 0.25) is 0 Å². The number of aliphatic hydroxyl groups excluding tert-OH is 1. The average Bonchev–Trinajstić information content (AvgIpc) is 3.22. The van der Waals surface area contributed by atoms with Gasteiger partial charge in [-0.25, -0.2) is 4.68 Å². The van der Waals surface area contributed by atoms with Crippen molar-refractivity contribution in [2.75, 3.05) is 18.6 Å². The largest absolute Gasteiger partial charge is 0.394 e. The molecule has 6 nitrogen and oxygen atoms in total. The van der Waals surface area contributed by atoms with E-state index >= 15 is 0 Å². The van der Waals surface area contributed by atoms with Crippen LogP contribution in [0.1, 0.15) is 34.1 Å². The number of thioether (sulfide) groups is 1. The van der Waals surface area contributed by atoms with Crippen LogP contribution in [-0.2, 0) is 0 Å². The Morgan fingerprint density at radius 3 is 2.25 bits per heavy atom. The molecule has 2 aromatic carbocycles. The molecule has 0 saturated carbocycles. The predicted octanol–water partition coefficient (Wildman–Crippen LogP) is 2.76. The van der Waals surface area contributed by atoms with Crippen molar-refractivity contribution in [3.63, 3.8) is 0 Å². The number of nitrogens with zero attached hydrogens (tertiary/aromatic N) is 3. The summed E-state index contributed by atoms with van der Waals surface area (Å²) in [6.45, 7) is -0.100. The van der Waals surface area contributed by atoms with E-state index in [-0.39, 0.29) is 30.3 Å². The highest BCUT2D eigenvalue weighted by molar-refractivity contribution is 7.98. The Bertz CT molecular complexity index is 831. The van der Waals surface area contributed by atoms with Crippen LogP contribution < -0.4 is 5.32 Å². The maximum absolute atomic E-state index is 12.5. The molecule has 1 heterocycles. The minimum absolute atomic E-state index is 0.100. The van der Waals surface area contributed by atoms with E-state index in [0.717, 1.165) is 16.9 Å². The summed E-state index contributed by atoms with van der Waals surface area (Å²) in [5.41, 5.74) is 2.34. The van der Waals surface area contributed by atoms with Crippen LogP contribution in [0.25, 0.3) is 0 Å². The summed E-state index contributed by atoms with van der Waals surface area (Å²) >= 11 is 1.68. The smallest absolute Gasteiger partial charge is 0.273 e. The number of benzene rings is 2. The van der Waals surface area contributed by atoms with Crippen molar-refractivity contribution in [1.29, 1.82) is 0 Å². The number of hydrogen-bond donors (Lipinski definition) is 2. The van der Waals surface area contributed by atoms with E-state index in [1.54, 1.807) is 22.6 Å². The Morgan fingerprint density at radius 2 is 1.71 bits per heavy atom. The molecule has 2 N–H and O–H groups in total. The summed E-state index contributed by atoms with van der Waals surface area (Å²) in [5, 5.41) is 20.6. The molecule has 146 valence electrons. The standard InChI is InChI=1S/C21H24N4O2S/c1-28-13-12-18(15-26)22-21(27)19-14-25(24-23-19)20(16-8-4-2-5-9-16)17-10-6-3-7-11-17/h2-11,14,18,20,26H,12-13,15H2,1H3,(H,22,27). The van der Waals surface area contributed by atoms with Crippen molar-refractivity contribution in [2.45, 2.75) is 18.5 Å². The minimum atomic E-state index is -0.328. The van der Waals surface area contributed by atoms with Gasteiger partial charge >= 0.3 is 0 Å². The van der Waals surface area contributed by atoms with E-state index in [1.807, 2.05) is 66.9 Å². The molecule has 7 heteroatoms. The maximum Gasteiger partial charge on any atom is 0.273 e. The Kier molecular flexibility index (Phi) is 7.22. The van der Waals surface area contributed by atoms with Crippen LogP contribution in [0.15, 0.2) is 66.9 Å². The van der Waals surface area contributed by atoms with E-state index in [4.69, 9.17) is 0 Å². The zero-order chi connectivity index (χ0) is 19.8. The van der Waals surface area contributed by atoms with Crippen molar-refractivity contribution >= 4 is 17.7 Å². The topological polar surface area (TPSA) is 80.0 Å². The average molecular weight is 397 g/mol. The first-order valence-electron chi connectivity index (χ1n) is 9.15. The van der Waals surface area contributed by atoms with E-state index in [1.165, 1.54) is 0 Å². The fourth-order valence-electron chi connectivity index (χ4n) is 3.00. The van der Waals surface area contributed by atoms with Crippen molar-refractivity contribution < 1.29 is 9.90 Å². The summed E-state index contributed by atoms with van der Waals surface area (Å²) < 4.78 is 1.70. The fraction of sp³-hybridized carbons (Fsp3) is 0.286. The first kappa shape index (κ1) is 20.1. The highest BCUT2D eigenvalue weighted by atomic mass is 32.2. The summed E-state index contributed by atoms with van der Waals surface area (Å²) in [5.74, 6) is 0.536. The number of carbonyl (C=O) groups excluding carboxylic acids is 1. The van der Waals surface area contributed by atoms with Gasteiger partial charge in [0.05, 0.1) is 18.8 Å². The Morgan fingerprint density at radius 1 is 1.11 bits per heavy atom. The fourth-order valence-corrected chi connectivity index (χ4v) is 3.52. The molecule has 0 spiro atoms. The molecular formula is C21H24N4O2S. The van der Waals surface area contributed by atoms with Crippen LogP contribution in [0.5, 0.6) is 0 Å². The molecular weight excluding hydrogens is 372 g/mol. The first-order chi connectivity index (χ1) is 13.7. The molecule has 1 aromatic heterocycles. The van der Waals surface area contributed by atoms with Gasteiger partial charge in [-0.15, -0.1) is 5.10 Å². The van der Waals surface area contributed by atoms with Crippen molar-refractivity contribution in [1.82, 2.24) is 20.3 Å². The monoisotopic (exact) mass is 396 g/mol. The molecule has 0 saturated heterocycles. The Hall–Kier alpha value is -2.64. The highest BCUT2D eigenvalue weighted by Crippen LogP contribution is 2.25. The summed E-state index contributed by atoms with van der Waals surface area (Å²) in [7, 11) is 0. The van der Waals surface area contributed by atoms with Gasteiger partial charge in [0.2, 0.25) is 0 Å². The molecule has 0 aliphatic rings. The number of hydrogen-bond acceptors (Lipinski definition) is 5. The molecule has 3 aromatic rings. The van der Waals surface area contributed by atoms with E-state index in [0.29, 0.717) is 6.42 Å². The van der Waals surface area contributed by atoms with Gasteiger partial charge in [-0.05, 0) is 29.6 Å². The molecule has 0 aliphatic heterocycles. The van der Waals surface area contributed by atoms with Gasteiger partial charge in [-0.2, -0.15) is 11.8 Å². The summed E-state index contributed by atoms with van der Waals surface area (Å²) in [4.78, 5) is 12.5. The maximum atomic E-state index is 12.5. The molecule has 0 aliphatic carbocycles. The van der Waals surface area contributed by atoms with E-state index < -0.39 is 0 Å². The molecule has 28 heavy (non-hydrogen) atoms. The second kappa shape index (κ2) is 10.1. The van der Waals surface area contributed by atoms with Crippen LogP contribution >= 0.6 is 11.8 Å². The van der Waals surface area contributed by atoms with Gasteiger partial charge in [0.15, 0.2) is 5.69 Å². The molecule has 1 atom stereocenters. The lowest BCUT2D eigenvalue weighted by Crippen LogP contribution is -2.38. The molecule has 1 amide bonds. The Balaban J connectivity index is 1.84. The molecule has 0 radical (unpaired) electrons. The molecule has 0 fully saturated rings. The normalized spacial score (nSPS) is 12.1. The third kappa shape index (κ3) is 4.99. The van der Waals surface area contributed by atoms with Gasteiger partial charge in [0.1, 0.15) is 6.04 Å². The van der Waals surface area contributed by atoms with Crippen LogP contribution in [0.3, 0.4) is 0 Å². The second-order valence-electron chi connectivity index (χ2n) is 6.44. The summed E-state index contributed by atoms with van der Waals surface area (Å²) in [6, 6.07) is 19.5. The first-order valence-corrected chi connectivity index (χ1v) is 10.5. The number of amides is 1. The predicted molar refractivity (Wildman–Crippen MR) is 111 cm³/mol. The molecule has 1 unspecified atom stereocenters. The SMILES string of the molecule is CSCCC(CO)NC(=O)c1cn(C(c2ccccc2)c2ccccc2)nn1. The lowest BCUT2D eigenvalue weighted by atomic mass is 9.99. The number of nitrogens with one attached hydrogen (secondary N) is 1. The van der Waals surface area contributed by atoms with E-state index in [9.17, 15) is 9.90 Å². The van der Waals surface area contributed by atoms with Crippen LogP contribution in [0, 0.1) is 0 Å². The van der Waals surface area contributed by atoms with Gasteiger partial charge in [-0.3, -0.25) is 4.79 Å². The van der Waals surface area contributed by atoms with E-state index in [2.05, 4.69) is 15.6 Å². The molecule has 3 rings (SSSR count). The second-order valence-corrected chi connectivity index (χ2v) is 7.43. The quantitative estimate of drug-likeness (QED) is 0.581. The van der Waals surface area contributed by atoms with Gasteiger partial charge in [0, 0.05) is 0 Å². The number of carbonyl (C=O) groups is 1. The lowest BCUT2D eigenvalue weighted by molar-refractivity contribution is 0.0910. The third-order valence-electron chi connectivity index (χ3n) is 4.46. The van der Waals surface area contributed by atoms with Gasteiger partial charge in [0.25, 0.3) is 5.91 Å². The van der Waals surface area contributed by atoms with Crippen molar-refractivity contribution in [2.24, 2.45) is 0 Å². The zero-order valence-corrected chi connectivity index (χ0v) is 16.5.